The highest BCUT2D eigenvalue weighted by Gasteiger charge is 2.17. The number of amides is 1. The molecule has 0 radical (unpaired) electrons. The summed E-state index contributed by atoms with van der Waals surface area (Å²) in [4.78, 5) is 23.9. The molecule has 0 N–H and O–H groups in total. The van der Waals surface area contributed by atoms with Crippen molar-refractivity contribution in [2.45, 2.75) is 12.8 Å². The van der Waals surface area contributed by atoms with Crippen LogP contribution in [-0.4, -0.2) is 50.2 Å². The fraction of sp³-hybridized carbons (Fsp3) is 0.778. The van der Waals surface area contributed by atoms with E-state index in [1.807, 2.05) is 0 Å². The standard InChI is InChI=1S/C9H15NO4/c1-13-9(12)3-5-10-4-2-6-14-7-8(10)11/h2-7H2,1H3. The van der Waals surface area contributed by atoms with Gasteiger partial charge in [0.1, 0.15) is 6.61 Å². The Morgan fingerprint density at radius 2 is 2.43 bits per heavy atom. The smallest absolute Gasteiger partial charge is 0.307 e. The average molecular weight is 201 g/mol. The Morgan fingerprint density at radius 1 is 1.64 bits per heavy atom. The number of hydrogen-bond donors (Lipinski definition) is 0. The van der Waals surface area contributed by atoms with E-state index in [9.17, 15) is 9.59 Å². The number of carbonyl (C=O) groups excluding carboxylic acids is 2. The van der Waals surface area contributed by atoms with Crippen LogP contribution in [0, 0.1) is 0 Å². The maximum atomic E-state index is 11.4. The molecule has 5 heteroatoms. The van der Waals surface area contributed by atoms with E-state index in [2.05, 4.69) is 4.74 Å². The highest BCUT2D eigenvalue weighted by molar-refractivity contribution is 5.78. The first-order valence-corrected chi connectivity index (χ1v) is 4.66. The predicted octanol–water partition coefficient (Wildman–Crippen LogP) is -0.202. The van der Waals surface area contributed by atoms with Crippen molar-refractivity contribution in [1.29, 1.82) is 0 Å². The van der Waals surface area contributed by atoms with Crippen molar-refractivity contribution in [3.8, 4) is 0 Å². The van der Waals surface area contributed by atoms with Gasteiger partial charge in [-0.15, -0.1) is 0 Å². The zero-order chi connectivity index (χ0) is 10.4. The minimum atomic E-state index is -0.289. The summed E-state index contributed by atoms with van der Waals surface area (Å²) in [6.07, 6.45) is 1.08. The van der Waals surface area contributed by atoms with Crippen molar-refractivity contribution < 1.29 is 19.1 Å². The van der Waals surface area contributed by atoms with Gasteiger partial charge in [0.05, 0.1) is 13.5 Å². The van der Waals surface area contributed by atoms with Crippen molar-refractivity contribution >= 4 is 11.9 Å². The van der Waals surface area contributed by atoms with E-state index in [-0.39, 0.29) is 24.9 Å². The van der Waals surface area contributed by atoms with E-state index in [4.69, 9.17) is 4.74 Å². The lowest BCUT2D eigenvalue weighted by Crippen LogP contribution is -2.34. The van der Waals surface area contributed by atoms with Crippen LogP contribution in [0.5, 0.6) is 0 Å². The summed E-state index contributed by atoms with van der Waals surface area (Å²) in [5.74, 6) is -0.339. The van der Waals surface area contributed by atoms with Crippen LogP contribution in [0.1, 0.15) is 12.8 Å². The lowest BCUT2D eigenvalue weighted by molar-refractivity contribution is -0.142. The second-order valence-electron chi connectivity index (χ2n) is 3.11. The zero-order valence-electron chi connectivity index (χ0n) is 8.32. The highest BCUT2D eigenvalue weighted by atomic mass is 16.5. The summed E-state index contributed by atoms with van der Waals surface area (Å²) < 4.78 is 9.56. The molecule has 0 aromatic heterocycles. The molecule has 1 fully saturated rings. The molecule has 0 atom stereocenters. The lowest BCUT2D eigenvalue weighted by atomic mass is 10.3. The summed E-state index contributed by atoms with van der Waals surface area (Å²) in [5, 5.41) is 0. The highest BCUT2D eigenvalue weighted by Crippen LogP contribution is 2.02. The van der Waals surface area contributed by atoms with Gasteiger partial charge in [-0.3, -0.25) is 9.59 Å². The first-order chi connectivity index (χ1) is 6.74. The van der Waals surface area contributed by atoms with Crippen LogP contribution in [0.2, 0.25) is 0 Å². The molecule has 0 aromatic carbocycles. The zero-order valence-corrected chi connectivity index (χ0v) is 8.32. The first kappa shape index (κ1) is 11.0. The van der Waals surface area contributed by atoms with Crippen molar-refractivity contribution in [2.24, 2.45) is 0 Å². The van der Waals surface area contributed by atoms with Gasteiger partial charge in [0.15, 0.2) is 0 Å². The molecule has 1 saturated heterocycles. The Kier molecular flexibility index (Phi) is 4.39. The minimum absolute atomic E-state index is 0.0496. The molecular weight excluding hydrogens is 186 g/mol. The molecule has 1 rings (SSSR count). The van der Waals surface area contributed by atoms with E-state index in [0.29, 0.717) is 19.7 Å². The van der Waals surface area contributed by atoms with Gasteiger partial charge < -0.3 is 14.4 Å². The number of rotatable bonds is 3. The van der Waals surface area contributed by atoms with Crippen LogP contribution in [0.15, 0.2) is 0 Å². The number of carbonyl (C=O) groups is 2. The third-order valence-electron chi connectivity index (χ3n) is 2.11. The fourth-order valence-corrected chi connectivity index (χ4v) is 1.30. The predicted molar refractivity (Wildman–Crippen MR) is 48.6 cm³/mol. The van der Waals surface area contributed by atoms with Gasteiger partial charge in [0.25, 0.3) is 0 Å². The molecule has 0 aliphatic carbocycles. The summed E-state index contributed by atoms with van der Waals surface area (Å²) in [7, 11) is 1.34. The second kappa shape index (κ2) is 5.59. The monoisotopic (exact) mass is 201 g/mol. The summed E-state index contributed by atoms with van der Waals surface area (Å²) in [5.41, 5.74) is 0. The van der Waals surface area contributed by atoms with Gasteiger partial charge in [-0.05, 0) is 6.42 Å². The third-order valence-corrected chi connectivity index (χ3v) is 2.11. The van der Waals surface area contributed by atoms with Crippen molar-refractivity contribution in [3.05, 3.63) is 0 Å². The molecule has 5 nitrogen and oxygen atoms in total. The molecule has 1 heterocycles. The van der Waals surface area contributed by atoms with Crippen molar-refractivity contribution in [3.63, 3.8) is 0 Å². The second-order valence-corrected chi connectivity index (χ2v) is 3.11. The van der Waals surface area contributed by atoms with Crippen LogP contribution in [-0.2, 0) is 19.1 Å². The molecule has 0 bridgehead atoms. The fourth-order valence-electron chi connectivity index (χ4n) is 1.30. The van der Waals surface area contributed by atoms with Crippen LogP contribution in [0.3, 0.4) is 0 Å². The largest absolute Gasteiger partial charge is 0.469 e. The van der Waals surface area contributed by atoms with Gasteiger partial charge in [0, 0.05) is 19.7 Å². The van der Waals surface area contributed by atoms with Gasteiger partial charge in [0.2, 0.25) is 5.91 Å². The Labute approximate surface area is 83.0 Å². The van der Waals surface area contributed by atoms with E-state index in [1.54, 1.807) is 4.90 Å². The molecule has 0 unspecified atom stereocenters. The van der Waals surface area contributed by atoms with E-state index in [1.165, 1.54) is 7.11 Å². The van der Waals surface area contributed by atoms with Gasteiger partial charge in [-0.2, -0.15) is 0 Å². The quantitative estimate of drug-likeness (QED) is 0.593. The topological polar surface area (TPSA) is 55.8 Å². The number of nitrogens with zero attached hydrogens (tertiary/aromatic N) is 1. The normalized spacial score (nSPS) is 17.8. The van der Waals surface area contributed by atoms with E-state index >= 15 is 0 Å². The Morgan fingerprint density at radius 3 is 3.14 bits per heavy atom. The molecule has 14 heavy (non-hydrogen) atoms. The maximum Gasteiger partial charge on any atom is 0.307 e. The van der Waals surface area contributed by atoms with Crippen LogP contribution in [0.25, 0.3) is 0 Å². The molecule has 0 saturated carbocycles. The van der Waals surface area contributed by atoms with Crippen LogP contribution >= 0.6 is 0 Å². The molecule has 0 spiro atoms. The summed E-state index contributed by atoms with van der Waals surface area (Å²) in [6, 6.07) is 0. The van der Waals surface area contributed by atoms with E-state index < -0.39 is 0 Å². The van der Waals surface area contributed by atoms with E-state index in [0.717, 1.165) is 6.42 Å². The summed E-state index contributed by atoms with van der Waals surface area (Å²) >= 11 is 0. The number of ether oxygens (including phenoxy) is 2. The number of esters is 1. The maximum absolute atomic E-state index is 11.4. The molecule has 80 valence electrons. The van der Waals surface area contributed by atoms with Crippen molar-refractivity contribution in [2.75, 3.05) is 33.4 Å². The molecular formula is C9H15NO4. The summed E-state index contributed by atoms with van der Waals surface area (Å²) in [6.45, 7) is 1.83. The van der Waals surface area contributed by atoms with Crippen molar-refractivity contribution in [1.82, 2.24) is 4.90 Å². The number of hydrogen-bond acceptors (Lipinski definition) is 4. The molecule has 1 aliphatic rings. The van der Waals surface area contributed by atoms with Crippen LogP contribution in [0.4, 0.5) is 0 Å². The van der Waals surface area contributed by atoms with Gasteiger partial charge >= 0.3 is 5.97 Å². The molecule has 1 aliphatic heterocycles. The number of methoxy groups -OCH3 is 1. The first-order valence-electron chi connectivity index (χ1n) is 4.66. The third kappa shape index (κ3) is 3.33. The van der Waals surface area contributed by atoms with Crippen LogP contribution < -0.4 is 0 Å². The van der Waals surface area contributed by atoms with Gasteiger partial charge in [-0.1, -0.05) is 0 Å². The Hall–Kier alpha value is -1.10. The average Bonchev–Trinajstić information content (AvgIpc) is 2.39. The minimum Gasteiger partial charge on any atom is -0.469 e. The Bertz CT molecular complexity index is 217. The SMILES string of the molecule is COC(=O)CCN1CCCOCC1=O. The molecule has 1 amide bonds. The van der Waals surface area contributed by atoms with Gasteiger partial charge in [-0.25, -0.2) is 0 Å². The molecule has 0 aromatic rings. The Balaban J connectivity index is 2.33. The lowest BCUT2D eigenvalue weighted by Gasteiger charge is -2.18.